The van der Waals surface area contributed by atoms with Crippen molar-refractivity contribution in [2.45, 2.75) is 6.04 Å². The fraction of sp³-hybridized carbons (Fsp3) is 0.0500. The number of carbonyl (C=O) groups is 2. The number of carbonyl (C=O) groups excluding carboxylic acids is 2. The standard InChI is InChI=1S/C20H13ClN2O4/c21-13-6-3-5-12(11-13)17-16(18(24)14-7-4-10-27-14)19(25)20(26)23(17)15-8-1-2-9-22-15/h1-11,17,25H/t17-/m0/s1. The number of aromatic nitrogens is 1. The third kappa shape index (κ3) is 2.90. The third-order valence-electron chi connectivity index (χ3n) is 4.26. The Morgan fingerprint density at radius 1 is 1.15 bits per heavy atom. The molecule has 0 saturated carbocycles. The molecule has 134 valence electrons. The average Bonchev–Trinajstić information content (AvgIpc) is 3.30. The molecule has 0 saturated heterocycles. The van der Waals surface area contributed by atoms with Crippen LogP contribution in [0.25, 0.3) is 0 Å². The van der Waals surface area contributed by atoms with Crippen molar-refractivity contribution in [3.63, 3.8) is 0 Å². The van der Waals surface area contributed by atoms with Gasteiger partial charge in [0, 0.05) is 11.2 Å². The van der Waals surface area contributed by atoms with Crippen molar-refractivity contribution in [3.8, 4) is 0 Å². The van der Waals surface area contributed by atoms with Crippen molar-refractivity contribution >= 4 is 29.1 Å². The molecule has 2 aromatic heterocycles. The van der Waals surface area contributed by atoms with Crippen molar-refractivity contribution in [1.82, 2.24) is 4.98 Å². The number of pyridine rings is 1. The lowest BCUT2D eigenvalue weighted by Crippen LogP contribution is -2.31. The van der Waals surface area contributed by atoms with Crippen LogP contribution >= 0.6 is 11.6 Å². The van der Waals surface area contributed by atoms with E-state index in [0.717, 1.165) is 0 Å². The number of aliphatic hydroxyl groups excluding tert-OH is 1. The van der Waals surface area contributed by atoms with Crippen molar-refractivity contribution in [2.24, 2.45) is 0 Å². The largest absolute Gasteiger partial charge is 0.503 e. The van der Waals surface area contributed by atoms with Crippen molar-refractivity contribution < 1.29 is 19.1 Å². The second-order valence-electron chi connectivity index (χ2n) is 5.89. The molecular weight excluding hydrogens is 368 g/mol. The van der Waals surface area contributed by atoms with Crippen LogP contribution in [0.5, 0.6) is 0 Å². The van der Waals surface area contributed by atoms with E-state index >= 15 is 0 Å². The zero-order chi connectivity index (χ0) is 19.0. The van der Waals surface area contributed by atoms with Crippen molar-refractivity contribution in [1.29, 1.82) is 0 Å². The zero-order valence-corrected chi connectivity index (χ0v) is 14.6. The van der Waals surface area contributed by atoms with Gasteiger partial charge in [0.2, 0.25) is 5.78 Å². The minimum absolute atomic E-state index is 0.0271. The van der Waals surface area contributed by atoms with Crippen LogP contribution in [-0.2, 0) is 4.79 Å². The number of benzene rings is 1. The molecule has 0 spiro atoms. The van der Waals surface area contributed by atoms with Crippen LogP contribution in [0.1, 0.15) is 22.2 Å². The molecule has 1 amide bonds. The Bertz CT molecular complexity index is 1040. The summed E-state index contributed by atoms with van der Waals surface area (Å²) in [7, 11) is 0. The smallest absolute Gasteiger partial charge is 0.295 e. The molecule has 1 aromatic carbocycles. The van der Waals surface area contributed by atoms with E-state index in [4.69, 9.17) is 16.0 Å². The van der Waals surface area contributed by atoms with Gasteiger partial charge in [-0.15, -0.1) is 0 Å². The Hall–Kier alpha value is -3.38. The monoisotopic (exact) mass is 380 g/mol. The van der Waals surface area contributed by atoms with E-state index < -0.39 is 23.5 Å². The number of aliphatic hydroxyl groups is 1. The van der Waals surface area contributed by atoms with Gasteiger partial charge in [0.1, 0.15) is 5.82 Å². The predicted octanol–water partition coefficient (Wildman–Crippen LogP) is 4.11. The Morgan fingerprint density at radius 2 is 2.00 bits per heavy atom. The van der Waals surface area contributed by atoms with Crippen LogP contribution in [0.2, 0.25) is 5.02 Å². The highest BCUT2D eigenvalue weighted by molar-refractivity contribution is 6.30. The number of rotatable bonds is 4. The number of hydrogen-bond donors (Lipinski definition) is 1. The summed E-state index contributed by atoms with van der Waals surface area (Å²) in [6.07, 6.45) is 2.88. The molecule has 3 heterocycles. The maximum atomic E-state index is 13.0. The van der Waals surface area contributed by atoms with Gasteiger partial charge in [-0.1, -0.05) is 29.8 Å². The van der Waals surface area contributed by atoms with Crippen LogP contribution in [0, 0.1) is 0 Å². The fourth-order valence-corrected chi connectivity index (χ4v) is 3.30. The maximum Gasteiger partial charge on any atom is 0.295 e. The van der Waals surface area contributed by atoms with Crippen molar-refractivity contribution in [3.05, 3.63) is 94.7 Å². The molecule has 27 heavy (non-hydrogen) atoms. The Balaban J connectivity index is 1.90. The van der Waals surface area contributed by atoms with E-state index in [9.17, 15) is 14.7 Å². The first kappa shape index (κ1) is 17.1. The molecule has 0 aliphatic carbocycles. The van der Waals surface area contributed by atoms with Crippen LogP contribution < -0.4 is 4.90 Å². The molecule has 3 aromatic rings. The van der Waals surface area contributed by atoms with E-state index in [0.29, 0.717) is 16.4 Å². The molecular formula is C20H13ClN2O4. The summed E-state index contributed by atoms with van der Waals surface area (Å²) in [6, 6.07) is 14.0. The number of Topliss-reactive ketones (excluding diaryl/α,β-unsaturated/α-hetero) is 1. The zero-order valence-electron chi connectivity index (χ0n) is 13.9. The molecule has 0 fully saturated rings. The number of halogens is 1. The number of nitrogens with zero attached hydrogens (tertiary/aromatic N) is 2. The molecule has 1 aliphatic heterocycles. The second-order valence-corrected chi connectivity index (χ2v) is 6.33. The topological polar surface area (TPSA) is 83.6 Å². The van der Waals surface area contributed by atoms with E-state index in [1.807, 2.05) is 0 Å². The lowest BCUT2D eigenvalue weighted by Gasteiger charge is -2.25. The molecule has 6 nitrogen and oxygen atoms in total. The lowest BCUT2D eigenvalue weighted by atomic mass is 9.95. The van der Waals surface area contributed by atoms with Crippen LogP contribution in [0.4, 0.5) is 5.82 Å². The van der Waals surface area contributed by atoms with Crippen LogP contribution in [-0.4, -0.2) is 21.8 Å². The van der Waals surface area contributed by atoms with Gasteiger partial charge in [0.05, 0.1) is 17.9 Å². The highest BCUT2D eigenvalue weighted by Crippen LogP contribution is 2.41. The Labute approximate surface area is 159 Å². The van der Waals surface area contributed by atoms with Gasteiger partial charge in [0.15, 0.2) is 11.5 Å². The molecule has 4 rings (SSSR count). The second kappa shape index (κ2) is 6.74. The summed E-state index contributed by atoms with van der Waals surface area (Å²) < 4.78 is 5.17. The van der Waals surface area contributed by atoms with Gasteiger partial charge in [-0.05, 0) is 42.0 Å². The number of hydrogen-bond acceptors (Lipinski definition) is 5. The first-order valence-electron chi connectivity index (χ1n) is 8.09. The van der Waals surface area contributed by atoms with Gasteiger partial charge in [-0.3, -0.25) is 14.5 Å². The minimum atomic E-state index is -0.885. The summed E-state index contributed by atoms with van der Waals surface area (Å²) >= 11 is 6.12. The maximum absolute atomic E-state index is 13.0. The highest BCUT2D eigenvalue weighted by atomic mass is 35.5. The first-order valence-corrected chi connectivity index (χ1v) is 8.47. The molecule has 1 N–H and O–H groups in total. The average molecular weight is 381 g/mol. The SMILES string of the molecule is O=C(C1=C(O)C(=O)N(c2ccccn2)[C@H]1c1cccc(Cl)c1)c1ccco1. The fourth-order valence-electron chi connectivity index (χ4n) is 3.10. The number of furan rings is 1. The third-order valence-corrected chi connectivity index (χ3v) is 4.49. The van der Waals surface area contributed by atoms with Crippen LogP contribution in [0.3, 0.4) is 0 Å². The quantitative estimate of drug-likeness (QED) is 0.688. The van der Waals surface area contributed by atoms with E-state index in [1.165, 1.54) is 23.4 Å². The summed E-state index contributed by atoms with van der Waals surface area (Å²) in [6.45, 7) is 0. The summed E-state index contributed by atoms with van der Waals surface area (Å²) in [5.41, 5.74) is 0.489. The van der Waals surface area contributed by atoms with Gasteiger partial charge in [0.25, 0.3) is 5.91 Å². The lowest BCUT2D eigenvalue weighted by molar-refractivity contribution is -0.117. The predicted molar refractivity (Wildman–Crippen MR) is 98.6 cm³/mol. The summed E-state index contributed by atoms with van der Waals surface area (Å²) in [5.74, 6) is -1.59. The Kier molecular flexibility index (Phi) is 4.25. The molecule has 7 heteroatoms. The highest BCUT2D eigenvalue weighted by Gasteiger charge is 2.45. The van der Waals surface area contributed by atoms with E-state index in [-0.39, 0.29) is 11.3 Å². The molecule has 1 aliphatic rings. The van der Waals surface area contributed by atoms with Gasteiger partial charge in [-0.25, -0.2) is 4.98 Å². The molecule has 0 radical (unpaired) electrons. The van der Waals surface area contributed by atoms with Crippen molar-refractivity contribution in [2.75, 3.05) is 4.90 Å². The molecule has 1 atom stereocenters. The number of amides is 1. The summed E-state index contributed by atoms with van der Waals surface area (Å²) in [4.78, 5) is 31.3. The number of anilines is 1. The van der Waals surface area contributed by atoms with E-state index in [1.54, 1.807) is 48.5 Å². The normalized spacial score (nSPS) is 16.9. The summed E-state index contributed by atoms with van der Waals surface area (Å²) in [5, 5.41) is 11.0. The minimum Gasteiger partial charge on any atom is -0.503 e. The number of ketones is 1. The van der Waals surface area contributed by atoms with Crippen LogP contribution in [0.15, 0.2) is 82.8 Å². The van der Waals surface area contributed by atoms with E-state index in [2.05, 4.69) is 4.98 Å². The van der Waals surface area contributed by atoms with Gasteiger partial charge >= 0.3 is 0 Å². The molecule has 0 unspecified atom stereocenters. The first-order chi connectivity index (χ1) is 13.1. The van der Waals surface area contributed by atoms with Gasteiger partial charge in [-0.2, -0.15) is 0 Å². The Morgan fingerprint density at radius 3 is 2.67 bits per heavy atom. The molecule has 0 bridgehead atoms. The van der Waals surface area contributed by atoms with Gasteiger partial charge < -0.3 is 9.52 Å².